The van der Waals surface area contributed by atoms with Crippen molar-refractivity contribution in [1.29, 1.82) is 0 Å². The minimum absolute atomic E-state index is 0.0187. The number of benzene rings is 1. The van der Waals surface area contributed by atoms with Crippen LogP contribution >= 0.6 is 0 Å². The highest BCUT2D eigenvalue weighted by Crippen LogP contribution is 2.35. The number of nitrogens with two attached hydrogens (primary N) is 1. The van der Waals surface area contributed by atoms with Gasteiger partial charge in [0, 0.05) is 18.6 Å². The van der Waals surface area contributed by atoms with Gasteiger partial charge in [0.1, 0.15) is 0 Å². The summed E-state index contributed by atoms with van der Waals surface area (Å²) in [6.45, 7) is 3.06. The Bertz CT molecular complexity index is 612. The summed E-state index contributed by atoms with van der Waals surface area (Å²) >= 11 is 0. The van der Waals surface area contributed by atoms with E-state index in [1.54, 1.807) is 12.1 Å². The molecule has 26 heavy (non-hydrogen) atoms. The Balaban J connectivity index is 2.12. The molecule has 1 amide bonds. The van der Waals surface area contributed by atoms with Crippen LogP contribution in [0.1, 0.15) is 76.3 Å². The first-order valence-corrected chi connectivity index (χ1v) is 9.78. The van der Waals surface area contributed by atoms with Crippen molar-refractivity contribution in [1.82, 2.24) is 0 Å². The highest BCUT2D eigenvalue weighted by Gasteiger charge is 2.24. The maximum absolute atomic E-state index is 13.4. The third-order valence-corrected chi connectivity index (χ3v) is 5.49. The molecule has 0 spiro atoms. The van der Waals surface area contributed by atoms with E-state index in [0.29, 0.717) is 5.92 Å². The molecular formula is C22H31F2NO. The van der Waals surface area contributed by atoms with Crippen molar-refractivity contribution in [3.8, 4) is 0 Å². The van der Waals surface area contributed by atoms with E-state index in [-0.39, 0.29) is 5.56 Å². The van der Waals surface area contributed by atoms with Crippen LogP contribution in [0.15, 0.2) is 30.3 Å². The molecule has 0 aliphatic heterocycles. The van der Waals surface area contributed by atoms with Crippen LogP contribution in [-0.2, 0) is 10.7 Å². The quantitative estimate of drug-likeness (QED) is 0.505. The fraction of sp³-hybridized carbons (Fsp3) is 0.591. The number of allylic oxidation sites excluding steroid dienone is 1. The van der Waals surface area contributed by atoms with Crippen LogP contribution < -0.4 is 5.73 Å². The van der Waals surface area contributed by atoms with Crippen molar-refractivity contribution in [2.24, 2.45) is 17.6 Å². The average Bonchev–Trinajstić information content (AvgIpc) is 2.51. The molecule has 1 atom stereocenters. The maximum atomic E-state index is 13.4. The standard InChI is InChI=1S/C22H31F2NO/c1-3-5-17(9-8-16-6-4-7-16)14-19(15-21(25)26)18-10-12-20(13-11-18)22(2,23)24/h10-13,15-17H,3-9,14H2,1-2H3,(H2,25,26)/b19-15+. The van der Waals surface area contributed by atoms with E-state index >= 15 is 0 Å². The van der Waals surface area contributed by atoms with Crippen LogP contribution in [0, 0.1) is 11.8 Å². The lowest BCUT2D eigenvalue weighted by atomic mass is 9.78. The SMILES string of the molecule is CCCC(CCC1CCC1)C/C(=C\C(N)=O)c1ccc(C(C)(F)F)cc1. The smallest absolute Gasteiger partial charge is 0.270 e. The van der Waals surface area contributed by atoms with Crippen LogP contribution in [0.3, 0.4) is 0 Å². The largest absolute Gasteiger partial charge is 0.366 e. The fourth-order valence-electron chi connectivity index (χ4n) is 3.73. The summed E-state index contributed by atoms with van der Waals surface area (Å²) in [6, 6.07) is 6.23. The van der Waals surface area contributed by atoms with E-state index in [2.05, 4.69) is 6.92 Å². The Labute approximate surface area is 155 Å². The molecular weight excluding hydrogens is 332 g/mol. The molecule has 1 fully saturated rings. The molecule has 1 unspecified atom stereocenters. The number of carbonyl (C=O) groups excluding carboxylic acids is 1. The van der Waals surface area contributed by atoms with Gasteiger partial charge in [-0.3, -0.25) is 4.79 Å². The second-order valence-corrected chi connectivity index (χ2v) is 7.77. The summed E-state index contributed by atoms with van der Waals surface area (Å²) in [5.74, 6) is -1.98. The van der Waals surface area contributed by atoms with Gasteiger partial charge in [0.15, 0.2) is 0 Å². The molecule has 0 bridgehead atoms. The van der Waals surface area contributed by atoms with E-state index < -0.39 is 11.8 Å². The van der Waals surface area contributed by atoms with Gasteiger partial charge in [-0.05, 0) is 35.8 Å². The summed E-state index contributed by atoms with van der Waals surface area (Å²) in [7, 11) is 0. The van der Waals surface area contributed by atoms with Crippen LogP contribution in [0.4, 0.5) is 8.78 Å². The van der Waals surface area contributed by atoms with Gasteiger partial charge in [-0.25, -0.2) is 8.78 Å². The second-order valence-electron chi connectivity index (χ2n) is 7.77. The second kappa shape index (κ2) is 9.29. The number of amides is 1. The molecule has 0 heterocycles. The predicted octanol–water partition coefficient (Wildman–Crippen LogP) is 6.05. The van der Waals surface area contributed by atoms with Crippen molar-refractivity contribution in [2.75, 3.05) is 0 Å². The Hall–Kier alpha value is -1.71. The van der Waals surface area contributed by atoms with Crippen molar-refractivity contribution in [3.63, 3.8) is 0 Å². The predicted molar refractivity (Wildman–Crippen MR) is 103 cm³/mol. The third-order valence-electron chi connectivity index (χ3n) is 5.49. The van der Waals surface area contributed by atoms with E-state index in [4.69, 9.17) is 5.73 Å². The molecule has 2 N–H and O–H groups in total. The third kappa shape index (κ3) is 6.22. The van der Waals surface area contributed by atoms with Crippen molar-refractivity contribution >= 4 is 11.5 Å². The van der Waals surface area contributed by atoms with Crippen LogP contribution in [0.5, 0.6) is 0 Å². The number of carbonyl (C=O) groups is 1. The number of halogens is 2. The first kappa shape index (κ1) is 20.6. The van der Waals surface area contributed by atoms with Gasteiger partial charge in [-0.1, -0.05) is 69.7 Å². The molecule has 0 radical (unpaired) electrons. The van der Waals surface area contributed by atoms with Gasteiger partial charge in [0.05, 0.1) is 0 Å². The molecule has 0 aromatic heterocycles. The Morgan fingerprint density at radius 3 is 2.38 bits per heavy atom. The Morgan fingerprint density at radius 2 is 1.92 bits per heavy atom. The minimum Gasteiger partial charge on any atom is -0.366 e. The molecule has 1 saturated carbocycles. The number of alkyl halides is 2. The number of hydrogen-bond donors (Lipinski definition) is 1. The zero-order chi connectivity index (χ0) is 19.2. The fourth-order valence-corrected chi connectivity index (χ4v) is 3.73. The van der Waals surface area contributed by atoms with Crippen LogP contribution in [0.2, 0.25) is 0 Å². The van der Waals surface area contributed by atoms with Gasteiger partial charge in [-0.15, -0.1) is 0 Å². The molecule has 1 aromatic carbocycles. The van der Waals surface area contributed by atoms with Crippen LogP contribution in [-0.4, -0.2) is 5.91 Å². The highest BCUT2D eigenvalue weighted by molar-refractivity contribution is 5.94. The molecule has 2 nitrogen and oxygen atoms in total. The summed E-state index contributed by atoms with van der Waals surface area (Å²) in [4.78, 5) is 11.5. The minimum atomic E-state index is -2.86. The van der Waals surface area contributed by atoms with E-state index in [0.717, 1.165) is 49.7 Å². The number of rotatable bonds is 10. The van der Waals surface area contributed by atoms with Gasteiger partial charge in [-0.2, -0.15) is 0 Å². The molecule has 2 rings (SSSR count). The molecule has 1 aromatic rings. The summed E-state index contributed by atoms with van der Waals surface area (Å²) in [5.41, 5.74) is 7.04. The van der Waals surface area contributed by atoms with Gasteiger partial charge < -0.3 is 5.73 Å². The van der Waals surface area contributed by atoms with Gasteiger partial charge in [0.2, 0.25) is 5.91 Å². The number of primary amides is 1. The molecule has 1 aliphatic rings. The zero-order valence-corrected chi connectivity index (χ0v) is 15.9. The average molecular weight is 363 g/mol. The number of hydrogen-bond acceptors (Lipinski definition) is 1. The highest BCUT2D eigenvalue weighted by atomic mass is 19.3. The first-order chi connectivity index (χ1) is 12.3. The summed E-state index contributed by atoms with van der Waals surface area (Å²) in [6.07, 6.45) is 10.9. The van der Waals surface area contributed by atoms with E-state index in [9.17, 15) is 13.6 Å². The van der Waals surface area contributed by atoms with Crippen molar-refractivity contribution < 1.29 is 13.6 Å². The Kier molecular flexibility index (Phi) is 7.36. The summed E-state index contributed by atoms with van der Waals surface area (Å²) in [5, 5.41) is 0. The first-order valence-electron chi connectivity index (χ1n) is 9.78. The lowest BCUT2D eigenvalue weighted by Crippen LogP contribution is -2.14. The van der Waals surface area contributed by atoms with Gasteiger partial charge >= 0.3 is 0 Å². The molecule has 0 saturated heterocycles. The zero-order valence-electron chi connectivity index (χ0n) is 15.9. The topological polar surface area (TPSA) is 43.1 Å². The maximum Gasteiger partial charge on any atom is 0.270 e. The van der Waals surface area contributed by atoms with E-state index in [1.807, 2.05) is 0 Å². The monoisotopic (exact) mass is 363 g/mol. The lowest BCUT2D eigenvalue weighted by molar-refractivity contribution is -0.113. The van der Waals surface area contributed by atoms with Crippen molar-refractivity contribution in [2.45, 2.75) is 71.1 Å². The Morgan fingerprint density at radius 1 is 1.27 bits per heavy atom. The van der Waals surface area contributed by atoms with Gasteiger partial charge in [0.25, 0.3) is 5.92 Å². The van der Waals surface area contributed by atoms with Crippen molar-refractivity contribution in [3.05, 3.63) is 41.5 Å². The van der Waals surface area contributed by atoms with Crippen LogP contribution in [0.25, 0.3) is 5.57 Å². The molecule has 4 heteroatoms. The normalized spacial score (nSPS) is 17.0. The summed E-state index contributed by atoms with van der Waals surface area (Å²) < 4.78 is 26.9. The lowest BCUT2D eigenvalue weighted by Gasteiger charge is -2.27. The van der Waals surface area contributed by atoms with E-state index in [1.165, 1.54) is 43.9 Å². The molecule has 144 valence electrons. The molecule has 1 aliphatic carbocycles.